The second-order valence-corrected chi connectivity index (χ2v) is 6.62. The number of nitrogens with zero attached hydrogens (tertiary/aromatic N) is 2. The van der Waals surface area contributed by atoms with Gasteiger partial charge in [-0.05, 0) is 38.1 Å². The van der Waals surface area contributed by atoms with E-state index in [0.717, 1.165) is 23.4 Å². The predicted molar refractivity (Wildman–Crippen MR) is 86.6 cm³/mol. The summed E-state index contributed by atoms with van der Waals surface area (Å²) < 4.78 is 2.12. The van der Waals surface area contributed by atoms with Gasteiger partial charge in [0.25, 0.3) is 0 Å². The zero-order chi connectivity index (χ0) is 14.1. The lowest BCUT2D eigenvalue weighted by Gasteiger charge is -2.13. The van der Waals surface area contributed by atoms with Crippen molar-refractivity contribution in [3.8, 4) is 0 Å². The Hall–Kier alpha value is -1.81. The molecule has 0 aliphatic rings. The minimum absolute atomic E-state index is 0.364. The van der Waals surface area contributed by atoms with Gasteiger partial charge < -0.3 is 9.88 Å². The molecule has 20 heavy (non-hydrogen) atoms. The van der Waals surface area contributed by atoms with Crippen molar-refractivity contribution < 1.29 is 0 Å². The van der Waals surface area contributed by atoms with Crippen molar-refractivity contribution in [1.82, 2.24) is 9.55 Å². The summed E-state index contributed by atoms with van der Waals surface area (Å²) in [5.74, 6) is 0.937. The summed E-state index contributed by atoms with van der Waals surface area (Å²) in [6.45, 7) is 4.35. The monoisotopic (exact) mass is 285 g/mol. The third-order valence-corrected chi connectivity index (χ3v) is 4.49. The number of aryl methyl sites for hydroxylation is 2. The van der Waals surface area contributed by atoms with E-state index in [-0.39, 0.29) is 0 Å². The first-order valence-electron chi connectivity index (χ1n) is 6.87. The average Bonchev–Trinajstić information content (AvgIpc) is 2.95. The lowest BCUT2D eigenvalue weighted by atomic mass is 10.2. The number of imidazole rings is 1. The second kappa shape index (κ2) is 5.29. The molecule has 3 nitrogen and oxygen atoms in total. The number of hydrogen-bond donors (Lipinski definition) is 1. The molecule has 1 atom stereocenters. The number of benzene rings is 1. The van der Waals surface area contributed by atoms with E-state index in [1.807, 2.05) is 29.5 Å². The minimum atomic E-state index is 0.364. The number of anilines is 1. The van der Waals surface area contributed by atoms with E-state index in [0.29, 0.717) is 6.04 Å². The Labute approximate surface area is 123 Å². The van der Waals surface area contributed by atoms with Gasteiger partial charge in [-0.3, -0.25) is 0 Å². The van der Waals surface area contributed by atoms with E-state index in [2.05, 4.69) is 54.0 Å². The highest BCUT2D eigenvalue weighted by molar-refractivity contribution is 7.11. The number of rotatable bonds is 4. The molecule has 2 heterocycles. The normalized spacial score (nSPS) is 12.8. The summed E-state index contributed by atoms with van der Waals surface area (Å²) in [6.07, 6.45) is 1.03. The second-order valence-electron chi connectivity index (χ2n) is 5.25. The highest BCUT2D eigenvalue weighted by Crippen LogP contribution is 2.20. The molecule has 1 unspecified atom stereocenters. The molecule has 1 aromatic carbocycles. The van der Waals surface area contributed by atoms with Crippen molar-refractivity contribution in [3.63, 3.8) is 0 Å². The molecular formula is C16H19N3S. The van der Waals surface area contributed by atoms with Crippen LogP contribution in [0.2, 0.25) is 0 Å². The van der Waals surface area contributed by atoms with Crippen LogP contribution in [0.4, 0.5) is 5.95 Å². The van der Waals surface area contributed by atoms with Crippen LogP contribution in [-0.4, -0.2) is 15.6 Å². The maximum absolute atomic E-state index is 4.65. The van der Waals surface area contributed by atoms with Crippen LogP contribution in [0.1, 0.15) is 16.7 Å². The fourth-order valence-corrected chi connectivity index (χ4v) is 3.46. The van der Waals surface area contributed by atoms with Gasteiger partial charge >= 0.3 is 0 Å². The lowest BCUT2D eigenvalue weighted by Crippen LogP contribution is -2.19. The Kier molecular flexibility index (Phi) is 3.49. The van der Waals surface area contributed by atoms with Gasteiger partial charge in [-0.15, -0.1) is 11.3 Å². The summed E-state index contributed by atoms with van der Waals surface area (Å²) >= 11 is 1.87. The molecule has 1 N–H and O–H groups in total. The Morgan fingerprint density at radius 2 is 2.05 bits per heavy atom. The number of hydrogen-bond acceptors (Lipinski definition) is 3. The van der Waals surface area contributed by atoms with Gasteiger partial charge in [0.15, 0.2) is 0 Å². The van der Waals surface area contributed by atoms with E-state index in [4.69, 9.17) is 0 Å². The molecule has 0 bridgehead atoms. The molecule has 0 radical (unpaired) electrons. The van der Waals surface area contributed by atoms with E-state index in [1.165, 1.54) is 9.75 Å². The molecule has 0 fully saturated rings. The van der Waals surface area contributed by atoms with Crippen LogP contribution < -0.4 is 5.32 Å². The van der Waals surface area contributed by atoms with E-state index in [1.54, 1.807) is 0 Å². The van der Waals surface area contributed by atoms with Crippen LogP contribution in [0.25, 0.3) is 11.0 Å². The third-order valence-electron chi connectivity index (χ3n) is 3.47. The molecule has 0 spiro atoms. The number of nitrogens with one attached hydrogen (secondary N) is 1. The van der Waals surface area contributed by atoms with Crippen LogP contribution in [-0.2, 0) is 13.5 Å². The fourth-order valence-electron chi connectivity index (χ4n) is 2.44. The summed E-state index contributed by atoms with van der Waals surface area (Å²) in [4.78, 5) is 7.44. The SMILES string of the molecule is Cc1ccc(CC(C)Nc2nc3ccccc3n2C)s1. The predicted octanol–water partition coefficient (Wildman–Crippen LogP) is 3.99. The maximum atomic E-state index is 4.65. The highest BCUT2D eigenvalue weighted by Gasteiger charge is 2.11. The first kappa shape index (κ1) is 13.2. The average molecular weight is 285 g/mol. The number of para-hydroxylation sites is 2. The largest absolute Gasteiger partial charge is 0.353 e. The van der Waals surface area contributed by atoms with Crippen LogP contribution >= 0.6 is 11.3 Å². The van der Waals surface area contributed by atoms with Crippen LogP contribution in [0.3, 0.4) is 0 Å². The molecule has 3 aromatic rings. The van der Waals surface area contributed by atoms with Gasteiger partial charge in [0.1, 0.15) is 0 Å². The van der Waals surface area contributed by atoms with Gasteiger partial charge in [-0.1, -0.05) is 12.1 Å². The van der Waals surface area contributed by atoms with E-state index >= 15 is 0 Å². The first-order valence-corrected chi connectivity index (χ1v) is 7.68. The van der Waals surface area contributed by atoms with Gasteiger partial charge in [-0.2, -0.15) is 0 Å². The lowest BCUT2D eigenvalue weighted by molar-refractivity contribution is 0.773. The summed E-state index contributed by atoms with van der Waals surface area (Å²) in [5, 5.41) is 3.52. The Bertz CT molecular complexity index is 726. The van der Waals surface area contributed by atoms with Crippen molar-refractivity contribution in [3.05, 3.63) is 46.2 Å². The zero-order valence-corrected chi connectivity index (χ0v) is 12.9. The van der Waals surface area contributed by atoms with Crippen LogP contribution in [0.15, 0.2) is 36.4 Å². The van der Waals surface area contributed by atoms with Crippen molar-refractivity contribution in [2.45, 2.75) is 26.3 Å². The highest BCUT2D eigenvalue weighted by atomic mass is 32.1. The molecule has 0 saturated heterocycles. The standard InChI is InChI=1S/C16H19N3S/c1-11(10-13-9-8-12(2)20-13)17-16-18-14-6-4-5-7-15(14)19(16)3/h4-9,11H,10H2,1-3H3,(H,17,18). The van der Waals surface area contributed by atoms with Gasteiger partial charge in [-0.25, -0.2) is 4.98 Å². The molecule has 104 valence electrons. The molecule has 0 aliphatic heterocycles. The molecule has 3 rings (SSSR count). The Balaban J connectivity index is 1.77. The molecule has 0 amide bonds. The van der Waals surface area contributed by atoms with E-state index < -0.39 is 0 Å². The van der Waals surface area contributed by atoms with Crippen LogP contribution in [0.5, 0.6) is 0 Å². The van der Waals surface area contributed by atoms with Crippen molar-refractivity contribution in [1.29, 1.82) is 0 Å². The van der Waals surface area contributed by atoms with Crippen molar-refractivity contribution >= 4 is 28.3 Å². The Morgan fingerprint density at radius 1 is 1.25 bits per heavy atom. The zero-order valence-electron chi connectivity index (χ0n) is 12.1. The summed E-state index contributed by atoms with van der Waals surface area (Å²) in [5.41, 5.74) is 2.20. The fraction of sp³-hybridized carbons (Fsp3) is 0.312. The quantitative estimate of drug-likeness (QED) is 0.785. The molecule has 0 saturated carbocycles. The smallest absolute Gasteiger partial charge is 0.203 e. The number of thiophene rings is 1. The molecule has 4 heteroatoms. The topological polar surface area (TPSA) is 29.9 Å². The molecule has 2 aromatic heterocycles. The van der Waals surface area contributed by atoms with Gasteiger partial charge in [0.05, 0.1) is 11.0 Å². The maximum Gasteiger partial charge on any atom is 0.203 e. The van der Waals surface area contributed by atoms with Crippen molar-refractivity contribution in [2.75, 3.05) is 5.32 Å². The first-order chi connectivity index (χ1) is 9.63. The van der Waals surface area contributed by atoms with E-state index in [9.17, 15) is 0 Å². The Morgan fingerprint density at radius 3 is 2.75 bits per heavy atom. The third kappa shape index (κ3) is 2.56. The summed E-state index contributed by atoms with van der Waals surface area (Å²) in [6, 6.07) is 13.0. The summed E-state index contributed by atoms with van der Waals surface area (Å²) in [7, 11) is 2.06. The van der Waals surface area contributed by atoms with Gasteiger partial charge in [0, 0.05) is 29.3 Å². The van der Waals surface area contributed by atoms with Crippen LogP contribution in [0, 0.1) is 6.92 Å². The number of fused-ring (bicyclic) bond motifs is 1. The molecular weight excluding hydrogens is 266 g/mol. The minimum Gasteiger partial charge on any atom is -0.353 e. The number of aromatic nitrogens is 2. The van der Waals surface area contributed by atoms with Crippen molar-refractivity contribution in [2.24, 2.45) is 7.05 Å². The molecule has 0 aliphatic carbocycles. The van der Waals surface area contributed by atoms with Gasteiger partial charge in [0.2, 0.25) is 5.95 Å².